The Hall–Kier alpha value is -2.45. The van der Waals surface area contributed by atoms with Crippen LogP contribution in [0.3, 0.4) is 0 Å². The van der Waals surface area contributed by atoms with Gasteiger partial charge in [0.05, 0.1) is 11.6 Å². The standard InChI is InChI=1S/C20H23F3N2O4/c1-11(29-17-15(22)6-14(21)7-16(17)23)12-2-4-25(5-3-12)18(26)13-8-20(9-13)10-28-19(27)24-20/h6-7,11-13H,2-5,8-10H2,1H3,(H,24,27). The molecule has 2 saturated heterocycles. The van der Waals surface area contributed by atoms with E-state index in [4.69, 9.17) is 9.47 Å². The lowest BCUT2D eigenvalue weighted by atomic mass is 9.68. The average Bonchev–Trinajstić information content (AvgIpc) is 3.05. The number of cyclic esters (lactones) is 1. The van der Waals surface area contributed by atoms with E-state index in [-0.39, 0.29) is 23.3 Å². The highest BCUT2D eigenvalue weighted by Crippen LogP contribution is 2.42. The highest BCUT2D eigenvalue weighted by molar-refractivity contribution is 5.81. The molecule has 4 rings (SSSR count). The molecule has 9 heteroatoms. The van der Waals surface area contributed by atoms with Gasteiger partial charge >= 0.3 is 6.09 Å². The largest absolute Gasteiger partial charge is 0.484 e. The van der Waals surface area contributed by atoms with Gasteiger partial charge in [0.15, 0.2) is 17.4 Å². The van der Waals surface area contributed by atoms with E-state index >= 15 is 0 Å². The maximum Gasteiger partial charge on any atom is 0.407 e. The molecule has 0 bridgehead atoms. The Balaban J connectivity index is 1.27. The van der Waals surface area contributed by atoms with Crippen LogP contribution in [0.1, 0.15) is 32.6 Å². The molecule has 6 nitrogen and oxygen atoms in total. The second-order valence-corrected chi connectivity index (χ2v) is 8.27. The van der Waals surface area contributed by atoms with Gasteiger partial charge in [0.25, 0.3) is 0 Å². The summed E-state index contributed by atoms with van der Waals surface area (Å²) in [4.78, 5) is 25.7. The number of hydrogen-bond acceptors (Lipinski definition) is 4. The Morgan fingerprint density at radius 2 is 1.86 bits per heavy atom. The van der Waals surface area contributed by atoms with Crippen molar-refractivity contribution in [2.24, 2.45) is 11.8 Å². The number of rotatable bonds is 4. The van der Waals surface area contributed by atoms with Crippen molar-refractivity contribution in [1.82, 2.24) is 10.2 Å². The smallest absolute Gasteiger partial charge is 0.407 e. The number of alkyl carbamates (subject to hydrolysis) is 1. The monoisotopic (exact) mass is 412 g/mol. The van der Waals surface area contributed by atoms with Gasteiger partial charge in [-0.2, -0.15) is 0 Å². The lowest BCUT2D eigenvalue weighted by Gasteiger charge is -2.45. The summed E-state index contributed by atoms with van der Waals surface area (Å²) in [6, 6.07) is 1.19. The zero-order valence-electron chi connectivity index (χ0n) is 16.1. The minimum Gasteiger partial charge on any atom is -0.484 e. The van der Waals surface area contributed by atoms with Crippen molar-refractivity contribution in [3.8, 4) is 5.75 Å². The number of amides is 2. The van der Waals surface area contributed by atoms with Gasteiger partial charge in [0, 0.05) is 31.1 Å². The van der Waals surface area contributed by atoms with Gasteiger partial charge in [-0.1, -0.05) is 0 Å². The molecule has 1 aromatic rings. The van der Waals surface area contributed by atoms with Crippen LogP contribution < -0.4 is 10.1 Å². The molecule has 1 N–H and O–H groups in total. The number of carbonyl (C=O) groups excluding carboxylic acids is 2. The van der Waals surface area contributed by atoms with Crippen LogP contribution in [0.5, 0.6) is 5.75 Å². The van der Waals surface area contributed by atoms with E-state index in [1.807, 2.05) is 0 Å². The van der Waals surface area contributed by atoms with Crippen molar-refractivity contribution in [3.05, 3.63) is 29.6 Å². The third kappa shape index (κ3) is 3.86. The summed E-state index contributed by atoms with van der Waals surface area (Å²) < 4.78 is 51.0. The van der Waals surface area contributed by atoms with E-state index in [1.165, 1.54) is 0 Å². The summed E-state index contributed by atoms with van der Waals surface area (Å²) in [5.74, 6) is -3.72. The number of piperidine rings is 1. The fraction of sp³-hybridized carbons (Fsp3) is 0.600. The second-order valence-electron chi connectivity index (χ2n) is 8.27. The van der Waals surface area contributed by atoms with Gasteiger partial charge in [-0.05, 0) is 38.5 Å². The fourth-order valence-corrected chi connectivity index (χ4v) is 4.54. The lowest BCUT2D eigenvalue weighted by molar-refractivity contribution is -0.143. The second kappa shape index (κ2) is 7.42. The van der Waals surface area contributed by atoms with E-state index in [0.29, 0.717) is 57.5 Å². The zero-order chi connectivity index (χ0) is 20.8. The first-order valence-electron chi connectivity index (χ1n) is 9.81. The number of nitrogens with one attached hydrogen (secondary N) is 1. The molecule has 1 unspecified atom stereocenters. The van der Waals surface area contributed by atoms with Gasteiger partial charge in [-0.15, -0.1) is 0 Å². The SMILES string of the molecule is CC(Oc1c(F)cc(F)cc1F)C1CCN(C(=O)C2CC3(COC(=O)N3)C2)CC1. The van der Waals surface area contributed by atoms with Crippen LogP contribution in [-0.2, 0) is 9.53 Å². The Labute approximate surface area is 166 Å². The van der Waals surface area contributed by atoms with Gasteiger partial charge < -0.3 is 19.7 Å². The van der Waals surface area contributed by atoms with Crippen LogP contribution in [0.15, 0.2) is 12.1 Å². The summed E-state index contributed by atoms with van der Waals surface area (Å²) in [6.07, 6.45) is 1.56. The van der Waals surface area contributed by atoms with Gasteiger partial charge in [-0.25, -0.2) is 18.0 Å². The first kappa shape index (κ1) is 19.8. The fourth-order valence-electron chi connectivity index (χ4n) is 4.54. The molecule has 1 aliphatic carbocycles. The molecule has 158 valence electrons. The zero-order valence-corrected chi connectivity index (χ0v) is 16.1. The Morgan fingerprint density at radius 3 is 2.41 bits per heavy atom. The van der Waals surface area contributed by atoms with Crippen LogP contribution in [0.4, 0.5) is 18.0 Å². The molecule has 2 amide bonds. The molecule has 1 saturated carbocycles. The highest BCUT2D eigenvalue weighted by Gasteiger charge is 2.53. The summed E-state index contributed by atoms with van der Waals surface area (Å²) in [7, 11) is 0. The van der Waals surface area contributed by atoms with E-state index in [2.05, 4.69) is 5.32 Å². The number of benzene rings is 1. The molecule has 2 heterocycles. The molecule has 1 aromatic carbocycles. The van der Waals surface area contributed by atoms with Crippen LogP contribution >= 0.6 is 0 Å². The van der Waals surface area contributed by atoms with Crippen LogP contribution in [0.25, 0.3) is 0 Å². The maximum atomic E-state index is 13.8. The Kier molecular flexibility index (Phi) is 5.08. The van der Waals surface area contributed by atoms with Crippen molar-refractivity contribution < 1.29 is 32.2 Å². The van der Waals surface area contributed by atoms with Crippen LogP contribution in [-0.4, -0.2) is 48.2 Å². The molecular weight excluding hydrogens is 389 g/mol. The minimum atomic E-state index is -1.07. The number of ether oxygens (including phenoxy) is 2. The summed E-state index contributed by atoms with van der Waals surface area (Å²) in [6.45, 7) is 3.11. The predicted octanol–water partition coefficient (Wildman–Crippen LogP) is 3.00. The summed E-state index contributed by atoms with van der Waals surface area (Å²) in [5, 5.41) is 2.78. The Bertz CT molecular complexity index is 797. The first-order valence-corrected chi connectivity index (χ1v) is 9.81. The molecule has 2 aliphatic heterocycles. The van der Waals surface area contributed by atoms with Crippen molar-refractivity contribution in [1.29, 1.82) is 0 Å². The van der Waals surface area contributed by atoms with Crippen molar-refractivity contribution in [3.63, 3.8) is 0 Å². The number of nitrogens with zero attached hydrogens (tertiary/aromatic N) is 1. The van der Waals surface area contributed by atoms with E-state index in [1.54, 1.807) is 11.8 Å². The third-order valence-electron chi connectivity index (χ3n) is 6.25. The molecular formula is C20H23F3N2O4. The van der Waals surface area contributed by atoms with Crippen LogP contribution in [0, 0.1) is 29.3 Å². The topological polar surface area (TPSA) is 67.9 Å². The lowest BCUT2D eigenvalue weighted by Crippen LogP contribution is -2.58. The number of carbonyl (C=O) groups is 2. The quantitative estimate of drug-likeness (QED) is 0.826. The number of hydrogen-bond donors (Lipinski definition) is 1. The maximum absolute atomic E-state index is 13.8. The van der Waals surface area contributed by atoms with E-state index < -0.39 is 35.4 Å². The number of halogens is 3. The van der Waals surface area contributed by atoms with Crippen molar-refractivity contribution >= 4 is 12.0 Å². The van der Waals surface area contributed by atoms with Gasteiger partial charge in [0.1, 0.15) is 12.4 Å². The molecule has 3 aliphatic rings. The predicted molar refractivity (Wildman–Crippen MR) is 95.6 cm³/mol. The van der Waals surface area contributed by atoms with Gasteiger partial charge in [0.2, 0.25) is 5.91 Å². The molecule has 1 atom stereocenters. The highest BCUT2D eigenvalue weighted by atomic mass is 19.1. The molecule has 0 aromatic heterocycles. The first-order chi connectivity index (χ1) is 13.8. The third-order valence-corrected chi connectivity index (χ3v) is 6.25. The summed E-state index contributed by atoms with van der Waals surface area (Å²) in [5.41, 5.74) is -0.388. The molecule has 1 spiro atoms. The normalized spacial score (nSPS) is 27.9. The average molecular weight is 412 g/mol. The molecule has 3 fully saturated rings. The molecule has 29 heavy (non-hydrogen) atoms. The number of likely N-dealkylation sites (tertiary alicyclic amines) is 1. The minimum absolute atomic E-state index is 0.0261. The van der Waals surface area contributed by atoms with E-state index in [9.17, 15) is 22.8 Å². The van der Waals surface area contributed by atoms with Crippen molar-refractivity contribution in [2.45, 2.75) is 44.2 Å². The van der Waals surface area contributed by atoms with E-state index in [0.717, 1.165) is 0 Å². The van der Waals surface area contributed by atoms with Gasteiger partial charge in [-0.3, -0.25) is 4.79 Å². The Morgan fingerprint density at radius 1 is 1.24 bits per heavy atom. The van der Waals surface area contributed by atoms with Crippen molar-refractivity contribution in [2.75, 3.05) is 19.7 Å². The summed E-state index contributed by atoms with van der Waals surface area (Å²) >= 11 is 0. The molecule has 0 radical (unpaired) electrons. The van der Waals surface area contributed by atoms with Crippen LogP contribution in [0.2, 0.25) is 0 Å².